The summed E-state index contributed by atoms with van der Waals surface area (Å²) < 4.78 is 19.1. The quantitative estimate of drug-likeness (QED) is 0.902. The zero-order valence-electron chi connectivity index (χ0n) is 10.9. The van der Waals surface area contributed by atoms with Crippen molar-refractivity contribution in [3.05, 3.63) is 48.0 Å². The first kappa shape index (κ1) is 12.9. The number of hydrogen-bond acceptors (Lipinski definition) is 3. The van der Waals surface area contributed by atoms with Crippen LogP contribution in [0, 0.1) is 5.82 Å². The van der Waals surface area contributed by atoms with E-state index < -0.39 is 0 Å². The number of carbonyl (C=O) groups is 1. The average Bonchev–Trinajstić information content (AvgIpc) is 3.10. The van der Waals surface area contributed by atoms with E-state index in [0.717, 1.165) is 19.5 Å². The number of nitrogens with one attached hydrogen (secondary N) is 2. The van der Waals surface area contributed by atoms with E-state index in [0.29, 0.717) is 11.3 Å². The van der Waals surface area contributed by atoms with Crippen LogP contribution in [0.2, 0.25) is 0 Å². The summed E-state index contributed by atoms with van der Waals surface area (Å²) in [4.78, 5) is 12.0. The zero-order valence-corrected chi connectivity index (χ0v) is 10.9. The van der Waals surface area contributed by atoms with Crippen molar-refractivity contribution in [2.45, 2.75) is 12.5 Å². The van der Waals surface area contributed by atoms with Gasteiger partial charge in [0.25, 0.3) is 5.91 Å². The molecule has 104 valence electrons. The highest BCUT2D eigenvalue weighted by Crippen LogP contribution is 2.24. The lowest BCUT2D eigenvalue weighted by molar-refractivity contribution is 0.0913. The van der Waals surface area contributed by atoms with Crippen molar-refractivity contribution in [1.29, 1.82) is 0 Å². The van der Waals surface area contributed by atoms with Crippen LogP contribution >= 0.6 is 0 Å². The molecular weight excluding hydrogens is 259 g/mol. The van der Waals surface area contributed by atoms with E-state index in [9.17, 15) is 9.18 Å². The Morgan fingerprint density at radius 3 is 2.90 bits per heavy atom. The second kappa shape index (κ2) is 5.46. The topological polar surface area (TPSA) is 54.3 Å². The Morgan fingerprint density at radius 2 is 2.15 bits per heavy atom. The van der Waals surface area contributed by atoms with Crippen LogP contribution in [0.5, 0.6) is 0 Å². The minimum atomic E-state index is -0.367. The number of amides is 1. The van der Waals surface area contributed by atoms with Crippen molar-refractivity contribution < 1.29 is 13.6 Å². The Labute approximate surface area is 116 Å². The Bertz CT molecular complexity index is 618. The molecule has 1 amide bonds. The lowest BCUT2D eigenvalue weighted by Gasteiger charge is -2.09. The van der Waals surface area contributed by atoms with Crippen molar-refractivity contribution in [3.8, 4) is 11.3 Å². The molecule has 0 saturated carbocycles. The van der Waals surface area contributed by atoms with Gasteiger partial charge in [-0.1, -0.05) is 12.1 Å². The second-order valence-corrected chi connectivity index (χ2v) is 4.81. The lowest BCUT2D eigenvalue weighted by atomic mass is 10.1. The van der Waals surface area contributed by atoms with Gasteiger partial charge in [0.1, 0.15) is 11.6 Å². The van der Waals surface area contributed by atoms with Gasteiger partial charge >= 0.3 is 0 Å². The molecular formula is C15H15FN2O2. The molecule has 3 rings (SSSR count). The number of furan rings is 1. The molecule has 20 heavy (non-hydrogen) atoms. The van der Waals surface area contributed by atoms with Crippen LogP contribution in [0.3, 0.4) is 0 Å². The summed E-state index contributed by atoms with van der Waals surface area (Å²) in [6.07, 6.45) is 0.909. The van der Waals surface area contributed by atoms with Crippen LogP contribution in [0.25, 0.3) is 11.3 Å². The highest BCUT2D eigenvalue weighted by atomic mass is 19.1. The summed E-state index contributed by atoms with van der Waals surface area (Å²) in [7, 11) is 0. The first-order valence-electron chi connectivity index (χ1n) is 6.60. The second-order valence-electron chi connectivity index (χ2n) is 4.81. The van der Waals surface area contributed by atoms with Gasteiger partial charge in [-0.3, -0.25) is 4.79 Å². The molecule has 1 aromatic heterocycles. The Kier molecular flexibility index (Phi) is 3.52. The fourth-order valence-corrected chi connectivity index (χ4v) is 2.30. The molecule has 4 nitrogen and oxygen atoms in total. The van der Waals surface area contributed by atoms with Crippen molar-refractivity contribution >= 4 is 5.91 Å². The largest absolute Gasteiger partial charge is 0.451 e. The van der Waals surface area contributed by atoms with Crippen molar-refractivity contribution in [2.75, 3.05) is 13.1 Å². The number of benzene rings is 1. The summed E-state index contributed by atoms with van der Waals surface area (Å²) in [5, 5.41) is 6.06. The predicted octanol–water partition coefficient (Wildman–Crippen LogP) is 2.18. The van der Waals surface area contributed by atoms with E-state index in [1.807, 2.05) is 0 Å². The van der Waals surface area contributed by atoms with Crippen LogP contribution in [0.15, 0.2) is 40.8 Å². The van der Waals surface area contributed by atoms with Gasteiger partial charge in [0.15, 0.2) is 5.76 Å². The third-order valence-electron chi connectivity index (χ3n) is 3.36. The predicted molar refractivity (Wildman–Crippen MR) is 72.8 cm³/mol. The smallest absolute Gasteiger partial charge is 0.287 e. The molecule has 0 radical (unpaired) electrons. The van der Waals surface area contributed by atoms with E-state index >= 15 is 0 Å². The molecule has 1 fully saturated rings. The molecule has 0 spiro atoms. The Morgan fingerprint density at radius 1 is 1.30 bits per heavy atom. The van der Waals surface area contributed by atoms with Crippen molar-refractivity contribution in [2.24, 2.45) is 0 Å². The van der Waals surface area contributed by atoms with Crippen LogP contribution < -0.4 is 10.6 Å². The minimum Gasteiger partial charge on any atom is -0.451 e. The van der Waals surface area contributed by atoms with Gasteiger partial charge in [0.05, 0.1) is 5.56 Å². The molecule has 1 aliphatic rings. The fourth-order valence-electron chi connectivity index (χ4n) is 2.30. The molecule has 0 bridgehead atoms. The minimum absolute atomic E-state index is 0.129. The summed E-state index contributed by atoms with van der Waals surface area (Å²) in [5.74, 6) is -0.0666. The summed E-state index contributed by atoms with van der Waals surface area (Å²) >= 11 is 0. The highest BCUT2D eigenvalue weighted by molar-refractivity contribution is 5.92. The first-order chi connectivity index (χ1) is 9.74. The van der Waals surface area contributed by atoms with Gasteiger partial charge in [0.2, 0.25) is 0 Å². The maximum atomic E-state index is 13.6. The normalized spacial score (nSPS) is 18.1. The molecule has 1 saturated heterocycles. The molecule has 5 heteroatoms. The van der Waals surface area contributed by atoms with Gasteiger partial charge in [-0.15, -0.1) is 0 Å². The standard InChI is InChI=1S/C15H15FN2O2/c16-12-4-2-1-3-11(12)13-5-6-14(20-13)15(19)18-10-7-8-17-9-10/h1-6,10,17H,7-9H2,(H,18,19). The van der Waals surface area contributed by atoms with Gasteiger partial charge in [0, 0.05) is 12.6 Å². The molecule has 1 aromatic carbocycles. The summed E-state index contributed by atoms with van der Waals surface area (Å²) in [6, 6.07) is 9.63. The van der Waals surface area contributed by atoms with Crippen LogP contribution in [-0.4, -0.2) is 25.0 Å². The summed E-state index contributed by atoms with van der Waals surface area (Å²) in [6.45, 7) is 1.68. The van der Waals surface area contributed by atoms with Crippen LogP contribution in [0.4, 0.5) is 4.39 Å². The van der Waals surface area contributed by atoms with Crippen LogP contribution in [0.1, 0.15) is 17.0 Å². The van der Waals surface area contributed by atoms with Gasteiger partial charge in [-0.2, -0.15) is 0 Å². The maximum absolute atomic E-state index is 13.6. The maximum Gasteiger partial charge on any atom is 0.287 e. The SMILES string of the molecule is O=C(NC1CCNC1)c1ccc(-c2ccccc2F)o1. The first-order valence-corrected chi connectivity index (χ1v) is 6.60. The number of rotatable bonds is 3. The van der Waals surface area contributed by atoms with Crippen molar-refractivity contribution in [3.63, 3.8) is 0 Å². The number of hydrogen-bond donors (Lipinski definition) is 2. The monoisotopic (exact) mass is 274 g/mol. The highest BCUT2D eigenvalue weighted by Gasteiger charge is 2.20. The molecule has 2 aromatic rings. The van der Waals surface area contributed by atoms with E-state index in [1.54, 1.807) is 30.3 Å². The molecule has 1 unspecified atom stereocenters. The third kappa shape index (κ3) is 2.58. The van der Waals surface area contributed by atoms with Gasteiger partial charge < -0.3 is 15.1 Å². The average molecular weight is 274 g/mol. The Balaban J connectivity index is 1.76. The Hall–Kier alpha value is -2.14. The molecule has 1 atom stereocenters. The van der Waals surface area contributed by atoms with E-state index in [4.69, 9.17) is 4.42 Å². The molecule has 1 aliphatic heterocycles. The zero-order chi connectivity index (χ0) is 13.9. The van der Waals surface area contributed by atoms with E-state index in [2.05, 4.69) is 10.6 Å². The lowest BCUT2D eigenvalue weighted by Crippen LogP contribution is -2.35. The third-order valence-corrected chi connectivity index (χ3v) is 3.36. The molecule has 2 heterocycles. The van der Waals surface area contributed by atoms with Gasteiger partial charge in [-0.05, 0) is 37.2 Å². The molecule has 2 N–H and O–H groups in total. The summed E-state index contributed by atoms with van der Waals surface area (Å²) in [5.41, 5.74) is 0.356. The number of halogens is 1. The van der Waals surface area contributed by atoms with Gasteiger partial charge in [-0.25, -0.2) is 4.39 Å². The fraction of sp³-hybridized carbons (Fsp3) is 0.267. The molecule has 0 aliphatic carbocycles. The van der Waals surface area contributed by atoms with E-state index in [-0.39, 0.29) is 23.5 Å². The van der Waals surface area contributed by atoms with Crippen LogP contribution in [-0.2, 0) is 0 Å². The van der Waals surface area contributed by atoms with Crippen molar-refractivity contribution in [1.82, 2.24) is 10.6 Å². The number of carbonyl (C=O) groups excluding carboxylic acids is 1. The van der Waals surface area contributed by atoms with E-state index in [1.165, 1.54) is 6.07 Å².